The number of aliphatic hydroxyl groups excluding tert-OH is 2. The molecular weight excluding hydrogens is 862 g/mol. The number of likely N-dealkylation sites (N-methyl/N-ethyl adjacent to an activating group) is 2. The standard InChI is InChI=1S/C46H90N4O12P2/c1-7-9-11-18-24-39-28-29-40(34-46(54)48-31-23-33-50(5,6)36-42(52)38-62-64(58,59)60)44(43(39)25-19-12-10-8-2)26-20-16-14-13-15-17-21-27-45(53)47-30-22-32-49(3,4)35-41(51)37-61-63(55,56)57/h20,26,28-29,39-44,51-52H,7-19,21-25,27,30-38H2,1-6H3,(H4-2,47,48,53,54,55,56,57,58,59,60)/p+2/b26-20-. The van der Waals surface area contributed by atoms with Crippen molar-refractivity contribution in [3.8, 4) is 0 Å². The van der Waals surface area contributed by atoms with Gasteiger partial charge in [0.2, 0.25) is 11.8 Å². The fourth-order valence-corrected chi connectivity index (χ4v) is 9.68. The van der Waals surface area contributed by atoms with Crippen LogP contribution in [0, 0.1) is 23.7 Å². The van der Waals surface area contributed by atoms with Gasteiger partial charge in [0.15, 0.2) is 0 Å². The van der Waals surface area contributed by atoms with E-state index in [0.29, 0.717) is 78.6 Å². The van der Waals surface area contributed by atoms with Crippen LogP contribution in [0.2, 0.25) is 0 Å². The van der Waals surface area contributed by atoms with Crippen molar-refractivity contribution in [3.05, 3.63) is 24.3 Å². The molecule has 0 aromatic heterocycles. The maximum atomic E-state index is 13.4. The lowest BCUT2D eigenvalue weighted by atomic mass is 9.66. The molecule has 0 heterocycles. The van der Waals surface area contributed by atoms with Gasteiger partial charge in [-0.15, -0.1) is 0 Å². The average molecular weight is 955 g/mol. The number of allylic oxidation sites excluding steroid dienone is 4. The van der Waals surface area contributed by atoms with Crippen molar-refractivity contribution < 1.29 is 66.5 Å². The van der Waals surface area contributed by atoms with E-state index in [1.165, 1.54) is 64.2 Å². The summed E-state index contributed by atoms with van der Waals surface area (Å²) in [5.74, 6) is 1.52. The normalized spacial score (nSPS) is 19.6. The van der Waals surface area contributed by atoms with E-state index in [-0.39, 0.29) is 30.8 Å². The Morgan fingerprint density at radius 2 is 1.11 bits per heavy atom. The smallest absolute Gasteiger partial charge is 0.385 e. The van der Waals surface area contributed by atoms with Crippen LogP contribution in [0.4, 0.5) is 0 Å². The van der Waals surface area contributed by atoms with Crippen LogP contribution in [0.15, 0.2) is 24.3 Å². The van der Waals surface area contributed by atoms with E-state index in [1.54, 1.807) is 0 Å². The Labute approximate surface area is 386 Å². The van der Waals surface area contributed by atoms with Gasteiger partial charge in [0.25, 0.3) is 0 Å². The van der Waals surface area contributed by atoms with Crippen molar-refractivity contribution in [1.29, 1.82) is 0 Å². The minimum atomic E-state index is -4.65. The van der Waals surface area contributed by atoms with E-state index in [0.717, 1.165) is 38.5 Å². The molecule has 1 aliphatic rings. The molecule has 6 atom stereocenters. The Morgan fingerprint density at radius 3 is 1.64 bits per heavy atom. The molecule has 16 nitrogen and oxygen atoms in total. The van der Waals surface area contributed by atoms with E-state index in [9.17, 15) is 28.9 Å². The van der Waals surface area contributed by atoms with Gasteiger partial charge in [-0.3, -0.25) is 18.6 Å². The van der Waals surface area contributed by atoms with Crippen LogP contribution in [0.3, 0.4) is 0 Å². The third-order valence-corrected chi connectivity index (χ3v) is 13.3. The van der Waals surface area contributed by atoms with Crippen LogP contribution in [0.25, 0.3) is 0 Å². The van der Waals surface area contributed by atoms with Crippen LogP contribution in [0.5, 0.6) is 0 Å². The predicted octanol–water partition coefficient (Wildman–Crippen LogP) is 6.74. The summed E-state index contributed by atoms with van der Waals surface area (Å²) in [6.07, 6.45) is 28.1. The Bertz CT molecular complexity index is 1420. The van der Waals surface area contributed by atoms with E-state index in [2.05, 4.69) is 57.8 Å². The molecule has 0 saturated heterocycles. The van der Waals surface area contributed by atoms with Gasteiger partial charge in [-0.2, -0.15) is 0 Å². The molecule has 0 saturated carbocycles. The van der Waals surface area contributed by atoms with Crippen molar-refractivity contribution in [2.45, 2.75) is 154 Å². The molecule has 0 spiro atoms. The summed E-state index contributed by atoms with van der Waals surface area (Å²) in [6.45, 7) is 6.51. The molecule has 0 radical (unpaired) electrons. The fraction of sp³-hybridized carbons (Fsp3) is 0.870. The lowest BCUT2D eigenvalue weighted by Crippen LogP contribution is -2.47. The summed E-state index contributed by atoms with van der Waals surface area (Å²) < 4.78 is 31.6. The van der Waals surface area contributed by atoms with Crippen LogP contribution in [-0.2, 0) is 27.8 Å². The van der Waals surface area contributed by atoms with Gasteiger partial charge in [-0.25, -0.2) is 9.13 Å². The molecular formula is C46H92N4O12P2+2. The van der Waals surface area contributed by atoms with Crippen molar-refractivity contribution in [3.63, 3.8) is 0 Å². The minimum absolute atomic E-state index is 0.0340. The Balaban J connectivity index is 2.68. The van der Waals surface area contributed by atoms with E-state index in [1.807, 2.05) is 28.2 Å². The molecule has 0 fully saturated rings. The summed E-state index contributed by atoms with van der Waals surface area (Å²) in [5.41, 5.74) is 0. The van der Waals surface area contributed by atoms with Crippen LogP contribution >= 0.6 is 15.6 Å². The molecule has 0 aliphatic heterocycles. The van der Waals surface area contributed by atoms with Crippen molar-refractivity contribution in [1.82, 2.24) is 10.6 Å². The first-order valence-electron chi connectivity index (χ1n) is 24.3. The molecule has 18 heteroatoms. The summed E-state index contributed by atoms with van der Waals surface area (Å²) >= 11 is 0. The molecule has 0 bridgehead atoms. The van der Waals surface area contributed by atoms with Crippen LogP contribution in [0.1, 0.15) is 142 Å². The monoisotopic (exact) mass is 955 g/mol. The largest absolute Gasteiger partial charge is 0.469 e. The van der Waals surface area contributed by atoms with Crippen molar-refractivity contribution in [2.75, 3.05) is 80.7 Å². The highest BCUT2D eigenvalue weighted by molar-refractivity contribution is 7.46. The number of rotatable bonds is 39. The molecule has 8 N–H and O–H groups in total. The first kappa shape index (κ1) is 60.5. The maximum Gasteiger partial charge on any atom is 0.469 e. The lowest BCUT2D eigenvalue weighted by molar-refractivity contribution is -0.893. The molecule has 1 aliphatic carbocycles. The van der Waals surface area contributed by atoms with Gasteiger partial charge in [0.05, 0.1) is 54.5 Å². The first-order valence-corrected chi connectivity index (χ1v) is 27.4. The zero-order valence-corrected chi connectivity index (χ0v) is 42.3. The number of carbonyl (C=O) groups excluding carboxylic acids is 2. The fourth-order valence-electron chi connectivity index (χ4n) is 8.95. The zero-order chi connectivity index (χ0) is 48.1. The van der Waals surface area contributed by atoms with Gasteiger partial charge in [0, 0.05) is 38.8 Å². The Morgan fingerprint density at radius 1 is 0.641 bits per heavy atom. The quantitative estimate of drug-likeness (QED) is 0.0139. The number of nitrogens with one attached hydrogen (secondary N) is 2. The highest BCUT2D eigenvalue weighted by atomic mass is 31.2. The number of hydrogen-bond donors (Lipinski definition) is 8. The Hall–Kier alpha value is -1.52. The topological polar surface area (TPSA) is 232 Å². The molecule has 0 aromatic rings. The van der Waals surface area contributed by atoms with Crippen LogP contribution in [-0.4, -0.2) is 143 Å². The number of aliphatic hydroxyl groups is 2. The zero-order valence-electron chi connectivity index (χ0n) is 40.5. The van der Waals surface area contributed by atoms with Gasteiger partial charge in [-0.05, 0) is 55.8 Å². The molecule has 6 unspecified atom stereocenters. The summed E-state index contributed by atoms with van der Waals surface area (Å²) in [5, 5.41) is 26.4. The van der Waals surface area contributed by atoms with Crippen molar-refractivity contribution >= 4 is 27.5 Å². The van der Waals surface area contributed by atoms with Gasteiger partial charge < -0.3 is 49.4 Å². The number of hydrogen-bond acceptors (Lipinski definition) is 8. The SMILES string of the molecule is CCCCCCC1C=CC(CC(=O)NCCC[N+](C)(C)CC(O)COP(=O)(O)O)C(/C=C\CCCCCCCC(=O)NCCC[N+](C)(C)CC(O)COP(=O)(O)O)C1CCCCCC. The highest BCUT2D eigenvalue weighted by Gasteiger charge is 2.35. The summed E-state index contributed by atoms with van der Waals surface area (Å²) in [4.78, 5) is 61.4. The molecule has 1 rings (SSSR count). The molecule has 64 heavy (non-hydrogen) atoms. The maximum absolute atomic E-state index is 13.4. The van der Waals surface area contributed by atoms with Crippen molar-refractivity contribution in [2.24, 2.45) is 23.7 Å². The first-order chi connectivity index (χ1) is 30.1. The summed E-state index contributed by atoms with van der Waals surface area (Å²) in [7, 11) is -1.59. The number of nitrogens with zero attached hydrogens (tertiary/aromatic N) is 2. The average Bonchev–Trinajstić information content (AvgIpc) is 3.19. The van der Waals surface area contributed by atoms with E-state index in [4.69, 9.17) is 19.6 Å². The minimum Gasteiger partial charge on any atom is -0.385 e. The number of amides is 2. The summed E-state index contributed by atoms with van der Waals surface area (Å²) in [6, 6.07) is 0. The van der Waals surface area contributed by atoms with Crippen LogP contribution < -0.4 is 10.6 Å². The predicted molar refractivity (Wildman–Crippen MR) is 254 cm³/mol. The second-order valence-corrected chi connectivity index (χ2v) is 22.0. The van der Waals surface area contributed by atoms with Gasteiger partial charge in [-0.1, -0.05) is 109 Å². The third kappa shape index (κ3) is 32.2. The number of phosphoric acid groups is 2. The Kier molecular flexibility index (Phi) is 31.2. The molecule has 376 valence electrons. The van der Waals surface area contributed by atoms with Gasteiger partial charge in [0.1, 0.15) is 25.3 Å². The number of unbranched alkanes of at least 4 members (excludes halogenated alkanes) is 11. The highest BCUT2D eigenvalue weighted by Crippen LogP contribution is 2.42. The lowest BCUT2D eigenvalue weighted by Gasteiger charge is -2.39. The second-order valence-electron chi connectivity index (χ2n) is 19.6. The number of phosphoric ester groups is 2. The van der Waals surface area contributed by atoms with E-state index < -0.39 is 41.1 Å². The molecule has 0 aromatic carbocycles. The number of carbonyl (C=O) groups is 2. The third-order valence-electron chi connectivity index (χ3n) is 12.3. The number of quaternary nitrogens is 2. The van der Waals surface area contributed by atoms with E-state index >= 15 is 0 Å². The second kappa shape index (κ2) is 33.1. The van der Waals surface area contributed by atoms with Gasteiger partial charge >= 0.3 is 15.6 Å². The molecule has 2 amide bonds.